The van der Waals surface area contributed by atoms with Crippen LogP contribution in [0.2, 0.25) is 0 Å². The summed E-state index contributed by atoms with van der Waals surface area (Å²) in [4.78, 5) is 10.2. The van der Waals surface area contributed by atoms with Crippen LogP contribution < -0.4 is 5.11 Å². The van der Waals surface area contributed by atoms with Crippen molar-refractivity contribution in [1.29, 1.82) is 0 Å². The Hall–Kier alpha value is -0.610. The summed E-state index contributed by atoms with van der Waals surface area (Å²) in [5.41, 5.74) is 0. The Morgan fingerprint density at radius 3 is 2.16 bits per heavy atom. The maximum absolute atomic E-state index is 10.2. The Morgan fingerprint density at radius 1 is 0.947 bits per heavy atom. The van der Waals surface area contributed by atoms with Crippen molar-refractivity contribution in [1.82, 2.24) is 0 Å². The largest absolute Gasteiger partial charge is 0.550 e. The molecule has 0 unspecified atom stereocenters. The third-order valence-electron chi connectivity index (χ3n) is 3.54. The molecule has 1 rings (SSSR count). The van der Waals surface area contributed by atoms with Crippen molar-refractivity contribution < 1.29 is 19.4 Å². The van der Waals surface area contributed by atoms with Gasteiger partial charge in [-0.1, -0.05) is 44.9 Å². The van der Waals surface area contributed by atoms with Crippen molar-refractivity contribution in [2.75, 3.05) is 19.8 Å². The van der Waals surface area contributed by atoms with Gasteiger partial charge in [-0.15, -0.1) is 0 Å². The van der Waals surface area contributed by atoms with Crippen LogP contribution in [0.4, 0.5) is 0 Å². The van der Waals surface area contributed by atoms with Crippen LogP contribution in [0.25, 0.3) is 0 Å². The third kappa shape index (κ3) is 9.91. The van der Waals surface area contributed by atoms with E-state index in [0.29, 0.717) is 6.10 Å². The first-order chi connectivity index (χ1) is 9.29. The van der Waals surface area contributed by atoms with Gasteiger partial charge in [-0.05, 0) is 19.3 Å². The van der Waals surface area contributed by atoms with Crippen molar-refractivity contribution in [3.8, 4) is 0 Å². The Morgan fingerprint density at radius 2 is 1.58 bits per heavy atom. The van der Waals surface area contributed by atoms with Crippen molar-refractivity contribution >= 4 is 5.97 Å². The van der Waals surface area contributed by atoms with E-state index in [9.17, 15) is 9.90 Å². The average molecular weight is 271 g/mol. The molecule has 4 heteroatoms. The fourth-order valence-electron chi connectivity index (χ4n) is 2.41. The second kappa shape index (κ2) is 11.2. The molecule has 4 nitrogen and oxygen atoms in total. The summed E-state index contributed by atoms with van der Waals surface area (Å²) in [5, 5.41) is 10.2. The zero-order chi connectivity index (χ0) is 13.8. The molecule has 0 bridgehead atoms. The van der Waals surface area contributed by atoms with E-state index >= 15 is 0 Å². The molecule has 0 saturated carbocycles. The molecule has 112 valence electrons. The highest BCUT2D eigenvalue weighted by Gasteiger charge is 2.12. The lowest BCUT2D eigenvalue weighted by atomic mass is 10.0. The number of aliphatic carboxylic acids is 1. The molecule has 0 aliphatic carbocycles. The summed E-state index contributed by atoms with van der Waals surface area (Å²) in [7, 11) is 0. The lowest BCUT2D eigenvalue weighted by molar-refractivity contribution is -0.305. The van der Waals surface area contributed by atoms with Crippen LogP contribution >= 0.6 is 0 Å². The lowest BCUT2D eigenvalue weighted by Gasteiger charge is -2.22. The zero-order valence-corrected chi connectivity index (χ0v) is 11.9. The molecule has 0 radical (unpaired) electrons. The first-order valence-electron chi connectivity index (χ1n) is 7.68. The number of carboxylic acids is 1. The van der Waals surface area contributed by atoms with E-state index in [-0.39, 0.29) is 6.42 Å². The van der Waals surface area contributed by atoms with Crippen LogP contribution in [0.3, 0.4) is 0 Å². The molecule has 1 aliphatic heterocycles. The van der Waals surface area contributed by atoms with E-state index in [1.165, 1.54) is 32.1 Å². The van der Waals surface area contributed by atoms with E-state index in [1.807, 2.05) is 0 Å². The van der Waals surface area contributed by atoms with Crippen LogP contribution in [-0.4, -0.2) is 31.9 Å². The highest BCUT2D eigenvalue weighted by Crippen LogP contribution is 2.13. The number of ether oxygens (including phenoxy) is 2. The fourth-order valence-corrected chi connectivity index (χ4v) is 2.41. The number of hydrogen-bond acceptors (Lipinski definition) is 4. The van der Waals surface area contributed by atoms with Crippen molar-refractivity contribution in [3.05, 3.63) is 0 Å². The summed E-state index contributed by atoms with van der Waals surface area (Å²) in [6.45, 7) is 2.25. The molecular weight excluding hydrogens is 244 g/mol. The number of carbonyl (C=O) groups is 1. The second-order valence-corrected chi connectivity index (χ2v) is 5.31. The second-order valence-electron chi connectivity index (χ2n) is 5.31. The van der Waals surface area contributed by atoms with Crippen molar-refractivity contribution in [2.45, 2.75) is 70.3 Å². The van der Waals surface area contributed by atoms with E-state index < -0.39 is 5.97 Å². The molecule has 19 heavy (non-hydrogen) atoms. The normalized spacial score (nSPS) is 19.5. The fraction of sp³-hybridized carbons (Fsp3) is 0.933. The Balaban J connectivity index is 1.74. The van der Waals surface area contributed by atoms with Crippen LogP contribution in [0.1, 0.15) is 64.2 Å². The summed E-state index contributed by atoms with van der Waals surface area (Å²) >= 11 is 0. The summed E-state index contributed by atoms with van der Waals surface area (Å²) in [6.07, 6.45) is 10.8. The standard InChI is InChI=1S/C15H28O4/c16-15(17)10-8-6-4-2-1-3-5-7-9-14-13-18-11-12-19-14/h14H,1-13H2,(H,16,17)/p-1/t14-/m0/s1. The van der Waals surface area contributed by atoms with Gasteiger partial charge in [0.25, 0.3) is 0 Å². The van der Waals surface area contributed by atoms with Crippen molar-refractivity contribution in [2.24, 2.45) is 0 Å². The van der Waals surface area contributed by atoms with Crippen LogP contribution in [0.5, 0.6) is 0 Å². The molecule has 0 spiro atoms. The number of hydrogen-bond donors (Lipinski definition) is 0. The molecule has 1 atom stereocenters. The van der Waals surface area contributed by atoms with Gasteiger partial charge in [0.05, 0.1) is 25.9 Å². The molecule has 0 amide bonds. The molecule has 1 heterocycles. The van der Waals surface area contributed by atoms with Gasteiger partial charge < -0.3 is 19.4 Å². The predicted molar refractivity (Wildman–Crippen MR) is 71.7 cm³/mol. The molecule has 1 saturated heterocycles. The first-order valence-corrected chi connectivity index (χ1v) is 7.68. The van der Waals surface area contributed by atoms with E-state index in [0.717, 1.165) is 45.5 Å². The number of carboxylic acid groups (broad SMARTS) is 1. The zero-order valence-electron chi connectivity index (χ0n) is 11.9. The van der Waals surface area contributed by atoms with Gasteiger partial charge in [0.2, 0.25) is 0 Å². The van der Waals surface area contributed by atoms with Crippen LogP contribution in [0, 0.1) is 0 Å². The number of unbranched alkanes of at least 4 members (excludes halogenated alkanes) is 7. The minimum Gasteiger partial charge on any atom is -0.550 e. The van der Waals surface area contributed by atoms with Gasteiger partial charge in [0, 0.05) is 5.97 Å². The highest BCUT2D eigenvalue weighted by molar-refractivity contribution is 5.63. The Bertz CT molecular complexity index is 224. The molecule has 0 aromatic carbocycles. The maximum atomic E-state index is 10.2. The summed E-state index contributed by atoms with van der Waals surface area (Å²) in [6, 6.07) is 0. The Labute approximate surface area is 116 Å². The minimum atomic E-state index is -0.922. The highest BCUT2D eigenvalue weighted by atomic mass is 16.6. The van der Waals surface area contributed by atoms with Gasteiger partial charge in [-0.2, -0.15) is 0 Å². The summed E-state index contributed by atoms with van der Waals surface area (Å²) in [5.74, 6) is -0.922. The predicted octanol–water partition coefficient (Wildman–Crippen LogP) is 2.05. The average Bonchev–Trinajstić information content (AvgIpc) is 2.42. The van der Waals surface area contributed by atoms with Gasteiger partial charge in [-0.3, -0.25) is 0 Å². The van der Waals surface area contributed by atoms with E-state index in [2.05, 4.69) is 0 Å². The lowest BCUT2D eigenvalue weighted by Crippen LogP contribution is -2.28. The SMILES string of the molecule is O=C([O-])CCCCCCCCCC[C@H]1COCCO1. The Kier molecular flexibility index (Phi) is 9.72. The minimum absolute atomic E-state index is 0.212. The number of rotatable bonds is 11. The van der Waals surface area contributed by atoms with E-state index in [1.54, 1.807) is 0 Å². The van der Waals surface area contributed by atoms with Crippen molar-refractivity contribution in [3.63, 3.8) is 0 Å². The molecule has 0 aromatic rings. The van der Waals surface area contributed by atoms with Crippen LogP contribution in [0.15, 0.2) is 0 Å². The van der Waals surface area contributed by atoms with Gasteiger partial charge >= 0.3 is 0 Å². The molecular formula is C15H27O4-. The van der Waals surface area contributed by atoms with E-state index in [4.69, 9.17) is 9.47 Å². The van der Waals surface area contributed by atoms with Crippen LogP contribution in [-0.2, 0) is 14.3 Å². The molecule has 1 aliphatic rings. The smallest absolute Gasteiger partial charge is 0.0809 e. The monoisotopic (exact) mass is 271 g/mol. The molecule has 0 N–H and O–H groups in total. The van der Waals surface area contributed by atoms with Gasteiger partial charge in [0.15, 0.2) is 0 Å². The number of carbonyl (C=O) groups excluding carboxylic acids is 1. The van der Waals surface area contributed by atoms with Gasteiger partial charge in [0.1, 0.15) is 0 Å². The quantitative estimate of drug-likeness (QED) is 0.540. The first kappa shape index (κ1) is 16.4. The summed E-state index contributed by atoms with van der Waals surface area (Å²) < 4.78 is 11.0. The molecule has 1 fully saturated rings. The topological polar surface area (TPSA) is 58.6 Å². The third-order valence-corrected chi connectivity index (χ3v) is 3.54. The molecule has 0 aromatic heterocycles. The maximum Gasteiger partial charge on any atom is 0.0809 e. The van der Waals surface area contributed by atoms with Gasteiger partial charge in [-0.25, -0.2) is 0 Å².